The molecule has 0 saturated heterocycles. The highest BCUT2D eigenvalue weighted by molar-refractivity contribution is 7.89. The number of hydrogen-bond donors (Lipinski definition) is 2. The highest BCUT2D eigenvalue weighted by atomic mass is 32.2. The highest BCUT2D eigenvalue weighted by Crippen LogP contribution is 2.14. The Kier molecular flexibility index (Phi) is 1.87. The largest absolute Gasteiger partial charge is 0.399 e. The van der Waals surface area contributed by atoms with E-state index in [2.05, 4.69) is 4.98 Å². The van der Waals surface area contributed by atoms with E-state index in [0.717, 1.165) is 6.26 Å². The van der Waals surface area contributed by atoms with Gasteiger partial charge in [-0.25, -0.2) is 13.2 Å². The zero-order chi connectivity index (χ0) is 11.2. The monoisotopic (exact) mass is 227 g/mol. The van der Waals surface area contributed by atoms with E-state index < -0.39 is 15.7 Å². The number of nitrogen functional groups attached to an aromatic ring is 1. The first-order valence-electron chi connectivity index (χ1n) is 4.10. The summed E-state index contributed by atoms with van der Waals surface area (Å²) in [6.07, 6.45) is 0.963. The van der Waals surface area contributed by atoms with E-state index in [1.807, 2.05) is 0 Å². The topological polar surface area (TPSA) is 98.0 Å². The van der Waals surface area contributed by atoms with E-state index in [4.69, 9.17) is 5.73 Å². The van der Waals surface area contributed by atoms with Gasteiger partial charge < -0.3 is 10.7 Å². The molecule has 0 amide bonds. The van der Waals surface area contributed by atoms with Crippen molar-refractivity contribution in [3.8, 4) is 0 Å². The van der Waals surface area contributed by atoms with Crippen molar-refractivity contribution < 1.29 is 8.42 Å². The van der Waals surface area contributed by atoms with E-state index in [-0.39, 0.29) is 5.52 Å². The maximum atomic E-state index is 11.4. The number of benzene rings is 1. The van der Waals surface area contributed by atoms with Crippen molar-refractivity contribution in [3.63, 3.8) is 0 Å². The zero-order valence-corrected chi connectivity index (χ0v) is 8.71. The fraction of sp³-hybridized carbons (Fsp3) is 0.125. The molecule has 15 heavy (non-hydrogen) atoms. The van der Waals surface area contributed by atoms with Gasteiger partial charge in [0, 0.05) is 5.69 Å². The highest BCUT2D eigenvalue weighted by Gasteiger charge is 2.14. The Morgan fingerprint density at radius 1 is 1.40 bits per heavy atom. The molecule has 0 spiro atoms. The summed E-state index contributed by atoms with van der Waals surface area (Å²) in [4.78, 5) is 13.8. The number of aromatic nitrogens is 2. The van der Waals surface area contributed by atoms with Crippen LogP contribution in [-0.2, 0) is 10.0 Å². The molecule has 6 nitrogen and oxygen atoms in total. The number of H-pyrrole nitrogens is 1. The number of aromatic amines is 1. The smallest absolute Gasteiger partial charge is 0.340 e. The van der Waals surface area contributed by atoms with Crippen LogP contribution in [0, 0.1) is 0 Å². The van der Waals surface area contributed by atoms with Gasteiger partial charge in [-0.2, -0.15) is 3.97 Å². The average molecular weight is 227 g/mol. The fourth-order valence-electron chi connectivity index (χ4n) is 1.43. The van der Waals surface area contributed by atoms with Gasteiger partial charge in [-0.1, -0.05) is 0 Å². The van der Waals surface area contributed by atoms with Gasteiger partial charge in [0.05, 0.1) is 17.3 Å². The number of hydrogen-bond acceptors (Lipinski definition) is 4. The Morgan fingerprint density at radius 3 is 2.67 bits per heavy atom. The molecule has 0 aliphatic heterocycles. The minimum absolute atomic E-state index is 0.266. The number of imidazole rings is 1. The molecule has 7 heteroatoms. The van der Waals surface area contributed by atoms with Gasteiger partial charge in [-0.3, -0.25) is 0 Å². The summed E-state index contributed by atoms with van der Waals surface area (Å²) in [6.45, 7) is 0. The predicted octanol–water partition coefficient (Wildman–Crippen LogP) is -0.281. The molecular formula is C8H9N3O3S. The molecule has 2 rings (SSSR count). The van der Waals surface area contributed by atoms with Crippen LogP contribution >= 0.6 is 0 Å². The quantitative estimate of drug-likeness (QED) is 0.654. The van der Waals surface area contributed by atoms with Crippen molar-refractivity contribution in [2.24, 2.45) is 0 Å². The molecule has 0 unspecified atom stereocenters. The Balaban J connectivity index is 3.02. The van der Waals surface area contributed by atoms with E-state index in [0.29, 0.717) is 15.2 Å². The van der Waals surface area contributed by atoms with Crippen LogP contribution in [0.25, 0.3) is 11.0 Å². The van der Waals surface area contributed by atoms with Crippen LogP contribution in [0.1, 0.15) is 0 Å². The molecule has 1 heterocycles. The molecule has 0 fully saturated rings. The molecule has 0 aliphatic rings. The lowest BCUT2D eigenvalue weighted by molar-refractivity contribution is 0.593. The van der Waals surface area contributed by atoms with Gasteiger partial charge in [-0.05, 0) is 18.2 Å². The number of anilines is 1. The van der Waals surface area contributed by atoms with E-state index >= 15 is 0 Å². The first-order valence-corrected chi connectivity index (χ1v) is 5.95. The Morgan fingerprint density at radius 2 is 2.07 bits per heavy atom. The number of rotatable bonds is 1. The summed E-state index contributed by atoms with van der Waals surface area (Å²) < 4.78 is 23.4. The summed E-state index contributed by atoms with van der Waals surface area (Å²) in [5, 5.41) is 0. The van der Waals surface area contributed by atoms with Gasteiger partial charge in [-0.15, -0.1) is 0 Å². The third-order valence-corrected chi connectivity index (χ3v) is 3.02. The van der Waals surface area contributed by atoms with Crippen LogP contribution < -0.4 is 11.4 Å². The van der Waals surface area contributed by atoms with Gasteiger partial charge in [0.25, 0.3) is 0 Å². The lowest BCUT2D eigenvalue weighted by Crippen LogP contribution is -2.23. The lowest BCUT2D eigenvalue weighted by atomic mass is 10.3. The van der Waals surface area contributed by atoms with Crippen molar-refractivity contribution in [3.05, 3.63) is 28.7 Å². The first kappa shape index (κ1) is 9.78. The minimum atomic E-state index is -3.62. The van der Waals surface area contributed by atoms with Crippen LogP contribution in [0.2, 0.25) is 0 Å². The number of nitrogens with zero attached hydrogens (tertiary/aromatic N) is 1. The molecule has 80 valence electrons. The van der Waals surface area contributed by atoms with Crippen molar-refractivity contribution in [2.75, 3.05) is 12.0 Å². The molecule has 1 aromatic carbocycles. The third kappa shape index (κ3) is 1.50. The Labute approximate surface area is 85.4 Å². The molecule has 0 aliphatic carbocycles. The fourth-order valence-corrected chi connectivity index (χ4v) is 2.28. The first-order chi connectivity index (χ1) is 6.89. The molecule has 0 radical (unpaired) electrons. The van der Waals surface area contributed by atoms with Gasteiger partial charge in [0.15, 0.2) is 0 Å². The molecule has 3 N–H and O–H groups in total. The van der Waals surface area contributed by atoms with Crippen molar-refractivity contribution in [1.82, 2.24) is 8.96 Å². The number of fused-ring (bicyclic) bond motifs is 1. The van der Waals surface area contributed by atoms with Crippen molar-refractivity contribution >= 4 is 26.7 Å². The average Bonchev–Trinajstić information content (AvgIpc) is 2.38. The molecule has 2 aromatic rings. The summed E-state index contributed by atoms with van der Waals surface area (Å²) in [5.41, 5.74) is 5.95. The summed E-state index contributed by atoms with van der Waals surface area (Å²) in [6, 6.07) is 4.59. The van der Waals surface area contributed by atoms with Gasteiger partial charge in [0.1, 0.15) is 0 Å². The lowest BCUT2D eigenvalue weighted by Gasteiger charge is -1.99. The predicted molar refractivity (Wildman–Crippen MR) is 57.2 cm³/mol. The van der Waals surface area contributed by atoms with E-state index in [1.165, 1.54) is 6.07 Å². The van der Waals surface area contributed by atoms with Crippen LogP contribution in [0.3, 0.4) is 0 Å². The van der Waals surface area contributed by atoms with Crippen LogP contribution in [0.5, 0.6) is 0 Å². The minimum Gasteiger partial charge on any atom is -0.399 e. The maximum Gasteiger partial charge on any atom is 0.340 e. The molecule has 0 bridgehead atoms. The number of nitrogens with one attached hydrogen (secondary N) is 1. The van der Waals surface area contributed by atoms with E-state index in [1.54, 1.807) is 12.1 Å². The van der Waals surface area contributed by atoms with Gasteiger partial charge >= 0.3 is 5.69 Å². The summed E-state index contributed by atoms with van der Waals surface area (Å²) >= 11 is 0. The molecular weight excluding hydrogens is 218 g/mol. The second-order valence-electron chi connectivity index (χ2n) is 3.23. The molecule has 0 saturated carbocycles. The van der Waals surface area contributed by atoms with Gasteiger partial charge in [0.2, 0.25) is 10.0 Å². The van der Waals surface area contributed by atoms with Crippen LogP contribution in [0.15, 0.2) is 23.0 Å². The van der Waals surface area contributed by atoms with Crippen molar-refractivity contribution in [2.45, 2.75) is 0 Å². The van der Waals surface area contributed by atoms with Crippen LogP contribution in [0.4, 0.5) is 5.69 Å². The second kappa shape index (κ2) is 2.86. The number of nitrogens with two attached hydrogens (primary N) is 1. The maximum absolute atomic E-state index is 11.4. The Bertz CT molecular complexity index is 681. The summed E-state index contributed by atoms with van der Waals surface area (Å²) in [5.74, 6) is 0. The molecule has 1 aromatic heterocycles. The second-order valence-corrected chi connectivity index (χ2v) is 5.07. The van der Waals surface area contributed by atoms with E-state index in [9.17, 15) is 13.2 Å². The third-order valence-electron chi connectivity index (χ3n) is 2.00. The standard InChI is InChI=1S/C8H9N3O3S/c1-15(13,14)11-7-4-5(9)2-3-6(7)10-8(11)12/h2-4H,9H2,1H3,(H,10,12). The van der Waals surface area contributed by atoms with Crippen LogP contribution in [-0.4, -0.2) is 23.6 Å². The normalized spacial score (nSPS) is 12.1. The summed E-state index contributed by atoms with van der Waals surface area (Å²) in [7, 11) is -3.62. The SMILES string of the molecule is CS(=O)(=O)n1c(=O)[nH]c2ccc(N)cc21. The zero-order valence-electron chi connectivity index (χ0n) is 7.89. The van der Waals surface area contributed by atoms with Crippen molar-refractivity contribution in [1.29, 1.82) is 0 Å². The molecule has 0 atom stereocenters. The Hall–Kier alpha value is -1.76.